The fourth-order valence-corrected chi connectivity index (χ4v) is 13.6. The summed E-state index contributed by atoms with van der Waals surface area (Å²) in [5, 5.41) is 24.2. The molecule has 4 rings (SSSR count). The molecule has 3 fully saturated rings. The molecular weight excluding hydrogens is 1870 g/mol. The summed E-state index contributed by atoms with van der Waals surface area (Å²) < 4.78 is 129. The highest BCUT2D eigenvalue weighted by Crippen LogP contribution is 2.32. The fraction of sp³-hybridized carbons (Fsp3) is 0.727. The van der Waals surface area contributed by atoms with E-state index in [1.165, 1.54) is 25.7 Å². The number of nitrogens with one attached hydrogen (secondary N) is 9. The van der Waals surface area contributed by atoms with Gasteiger partial charge in [-0.2, -0.15) is 0 Å². The van der Waals surface area contributed by atoms with Crippen molar-refractivity contribution in [2.75, 3.05) is 217 Å². The zero-order chi connectivity index (χ0) is 103. The van der Waals surface area contributed by atoms with Gasteiger partial charge in [0, 0.05) is 161 Å². The third-order valence-electron chi connectivity index (χ3n) is 19.5. The zero-order valence-corrected chi connectivity index (χ0v) is 81.3. The van der Waals surface area contributed by atoms with E-state index < -0.39 is 213 Å². The first-order valence-electron chi connectivity index (χ1n) is 45.6. The van der Waals surface area contributed by atoms with Gasteiger partial charge in [-0.3, -0.25) is 96.1 Å². The molecule has 0 aromatic heterocycles. The molecule has 1 aromatic rings. The topological polar surface area (TPSA) is 634 Å². The van der Waals surface area contributed by atoms with E-state index in [-0.39, 0.29) is 223 Å². The Kier molecular flexibility index (Phi) is 61.2. The van der Waals surface area contributed by atoms with Gasteiger partial charge in [-0.05, 0) is 5.56 Å². The summed E-state index contributed by atoms with van der Waals surface area (Å²) in [4.78, 5) is 228. The zero-order valence-electron chi connectivity index (χ0n) is 81.3. The second-order valence-corrected chi connectivity index (χ2v) is 31.4. The van der Waals surface area contributed by atoms with Crippen LogP contribution in [0.5, 0.6) is 0 Å². The minimum atomic E-state index is -1.32. The average Bonchev–Trinajstić information content (AvgIpc) is 0.794. The molecule has 140 heavy (non-hydrogen) atoms. The maximum atomic E-state index is 13.7. The first-order chi connectivity index (χ1) is 66.9. The summed E-state index contributed by atoms with van der Waals surface area (Å²) in [6, 6.07) is 5.96. The first-order valence-corrected chi connectivity index (χ1v) is 45.6. The molecule has 3 heterocycles. The molecule has 15 atom stereocenters. The highest BCUT2D eigenvalue weighted by atomic mass is 16.7. The van der Waals surface area contributed by atoms with Gasteiger partial charge in [0.1, 0.15) is 56.3 Å². The SMILES string of the molecule is CC(=O)NC1C(OCCOCCOCCC(=O)NCCNC(=O)CN(CCOCCOCc2ccccc2)CCN(CC(=O)NCCNC(=O)CCOCCOCCOC2OC(COC(C)=O)C(OC(C)=O)C(OC(C)=O)C2NC(C)=O)CC(=O)NCCNC(=O)CCOCCOCCOC2OC(COC(C)=O)C(OC(C)=O)C(OC(C)=O)C2NC(C)=O)OC(COC(C)=O)C(OC(C)=O)C1OC(C)=O. The molecule has 9 N–H and O–H groups in total. The summed E-state index contributed by atoms with van der Waals surface area (Å²) in [5.41, 5.74) is 0.963. The Balaban J connectivity index is 1.31. The van der Waals surface area contributed by atoms with Crippen LogP contribution in [0.4, 0.5) is 0 Å². The van der Waals surface area contributed by atoms with E-state index in [2.05, 4.69) is 47.9 Å². The molecule has 0 saturated carbocycles. The third kappa shape index (κ3) is 54.7. The number of carbonyl (C=O) groups is 18. The molecule has 3 saturated heterocycles. The molecule has 9 amide bonds. The van der Waals surface area contributed by atoms with Gasteiger partial charge < -0.3 is 157 Å². The van der Waals surface area contributed by atoms with Gasteiger partial charge in [-0.1, -0.05) is 30.3 Å². The normalized spacial score (nSPS) is 20.9. The van der Waals surface area contributed by atoms with Crippen molar-refractivity contribution >= 4 is 107 Å². The van der Waals surface area contributed by atoms with Crippen LogP contribution in [-0.4, -0.2) is 426 Å². The van der Waals surface area contributed by atoms with Crippen molar-refractivity contribution in [2.24, 2.45) is 0 Å². The van der Waals surface area contributed by atoms with E-state index in [0.717, 1.165) is 67.9 Å². The Morgan fingerprint density at radius 2 is 0.521 bits per heavy atom. The second-order valence-electron chi connectivity index (χ2n) is 31.4. The van der Waals surface area contributed by atoms with Crippen LogP contribution in [0.25, 0.3) is 0 Å². The molecule has 52 heteroatoms. The highest BCUT2D eigenvalue weighted by Gasteiger charge is 2.55. The van der Waals surface area contributed by atoms with Crippen molar-refractivity contribution in [3.05, 3.63) is 35.9 Å². The van der Waals surface area contributed by atoms with Crippen LogP contribution in [0.2, 0.25) is 0 Å². The van der Waals surface area contributed by atoms with Gasteiger partial charge in [0.25, 0.3) is 0 Å². The Bertz CT molecular complexity index is 3850. The predicted octanol–water partition coefficient (Wildman–Crippen LogP) is -5.19. The molecule has 1 aromatic carbocycles. The summed E-state index contributed by atoms with van der Waals surface area (Å²) in [5.74, 6) is -11.1. The van der Waals surface area contributed by atoms with Crippen molar-refractivity contribution in [2.45, 2.75) is 201 Å². The molecule has 52 nitrogen and oxygen atoms in total. The van der Waals surface area contributed by atoms with E-state index >= 15 is 0 Å². The quantitative estimate of drug-likeness (QED) is 0.0167. The van der Waals surface area contributed by atoms with Crippen LogP contribution in [-0.2, 0) is 202 Å². The average molecular weight is 2010 g/mol. The Morgan fingerprint density at radius 3 is 0.807 bits per heavy atom. The van der Waals surface area contributed by atoms with Gasteiger partial charge in [-0.15, -0.1) is 0 Å². The Hall–Kier alpha value is -11.0. The van der Waals surface area contributed by atoms with Gasteiger partial charge in [-0.25, -0.2) is 0 Å². The molecule has 0 aliphatic carbocycles. The van der Waals surface area contributed by atoms with E-state index in [1.807, 2.05) is 30.3 Å². The molecule has 3 aliphatic heterocycles. The lowest BCUT2D eigenvalue weighted by atomic mass is 9.96. The van der Waals surface area contributed by atoms with Gasteiger partial charge in [0.05, 0.1) is 145 Å². The van der Waals surface area contributed by atoms with Crippen molar-refractivity contribution in [3.63, 3.8) is 0 Å². The van der Waals surface area contributed by atoms with Crippen LogP contribution in [0.3, 0.4) is 0 Å². The highest BCUT2D eigenvalue weighted by molar-refractivity contribution is 5.82. The monoisotopic (exact) mass is 2010 g/mol. The van der Waals surface area contributed by atoms with Crippen LogP contribution in [0, 0.1) is 0 Å². The smallest absolute Gasteiger partial charge is 0.303 e. The lowest BCUT2D eigenvalue weighted by molar-refractivity contribution is -0.279. The molecule has 0 radical (unpaired) electrons. The van der Waals surface area contributed by atoms with Crippen LogP contribution >= 0.6 is 0 Å². The lowest BCUT2D eigenvalue weighted by Crippen LogP contribution is -2.66. The van der Waals surface area contributed by atoms with E-state index in [4.69, 9.17) is 109 Å². The molecule has 3 aliphatic rings. The van der Waals surface area contributed by atoms with E-state index in [9.17, 15) is 86.3 Å². The van der Waals surface area contributed by atoms with Crippen molar-refractivity contribution < 1.29 is 195 Å². The largest absolute Gasteiger partial charge is 0.463 e. The van der Waals surface area contributed by atoms with E-state index in [0.29, 0.717) is 6.61 Å². The van der Waals surface area contributed by atoms with Gasteiger partial charge in [0.2, 0.25) is 53.2 Å². The first kappa shape index (κ1) is 121. The van der Waals surface area contributed by atoms with Gasteiger partial charge in [0.15, 0.2) is 55.5 Å². The molecular formula is C88H139N11O41. The Labute approximate surface area is 810 Å². The lowest BCUT2D eigenvalue weighted by Gasteiger charge is -2.44. The van der Waals surface area contributed by atoms with E-state index in [1.54, 1.807) is 4.90 Å². The number of esters is 9. The summed E-state index contributed by atoms with van der Waals surface area (Å²) in [7, 11) is 0. The standard InChI is InChI=1S/C88H139N11O41/c1-55(100)95-77-83(135-64(10)109)80(132-61(7)106)68(52-129-58(4)103)138-86(77)126-45-42-122-37-34-118-30-18-71(112)89-21-24-92-74(115)48-98(29-33-121-40-41-125-51-67-16-14-13-15-17-67)27-28-99(49-75(116)93-25-22-90-72(113)19-31-119-35-38-123-43-46-127-87-78(96-56(2)101)84(136-65(11)110)81(133-62(8)107)69(139-87)53-130-59(5)104)50-76(117)94-26-23-91-73(114)20-32-120-36-39-124-44-47-128-88-79(97-57(3)102)85(137-66(12)111)82(134-63(9)108)70(140-88)54-131-60(6)105/h13-17,68-70,77-88H,18-54H2,1-12H3,(H,89,112)(H,90,113)(H,91,114)(H,92,115)(H,93,116)(H,94,117)(H,95,100)(H,96,101)(H,97,102). The fourth-order valence-electron chi connectivity index (χ4n) is 13.6. The summed E-state index contributed by atoms with van der Waals surface area (Å²) in [6.07, 6.45) is -15.5. The van der Waals surface area contributed by atoms with Crippen LogP contribution in [0.1, 0.15) is 108 Å². The third-order valence-corrected chi connectivity index (χ3v) is 19.5. The number of carbonyl (C=O) groups excluding carboxylic acids is 18. The maximum absolute atomic E-state index is 13.7. The number of nitrogens with zero attached hydrogens (tertiary/aromatic N) is 2. The number of hydrogen-bond donors (Lipinski definition) is 9. The van der Waals surface area contributed by atoms with Crippen LogP contribution in [0.15, 0.2) is 30.3 Å². The number of amides is 9. The Morgan fingerprint density at radius 1 is 0.271 bits per heavy atom. The summed E-state index contributed by atoms with van der Waals surface area (Å²) >= 11 is 0. The molecule has 0 spiro atoms. The number of benzene rings is 1. The molecule has 0 bridgehead atoms. The number of hydrogen-bond acceptors (Lipinski definition) is 43. The minimum Gasteiger partial charge on any atom is -0.463 e. The number of ether oxygens (including phenoxy) is 23. The minimum absolute atomic E-state index is 0.000383. The number of rotatable bonds is 71. The maximum Gasteiger partial charge on any atom is 0.303 e. The molecule has 792 valence electrons. The second kappa shape index (κ2) is 70.6. The predicted molar refractivity (Wildman–Crippen MR) is 476 cm³/mol. The van der Waals surface area contributed by atoms with Gasteiger partial charge >= 0.3 is 53.7 Å². The summed E-state index contributed by atoms with van der Waals surface area (Å²) in [6.45, 7) is 12.7. The van der Waals surface area contributed by atoms with Crippen molar-refractivity contribution in [1.82, 2.24) is 57.7 Å². The van der Waals surface area contributed by atoms with Crippen molar-refractivity contribution in [3.8, 4) is 0 Å². The van der Waals surface area contributed by atoms with Crippen molar-refractivity contribution in [1.29, 1.82) is 0 Å². The molecule has 15 unspecified atom stereocenters. The van der Waals surface area contributed by atoms with Crippen LogP contribution < -0.4 is 47.9 Å².